The molecule has 1 amide bonds. The van der Waals surface area contributed by atoms with Crippen LogP contribution in [0.3, 0.4) is 0 Å². The van der Waals surface area contributed by atoms with Crippen molar-refractivity contribution in [2.45, 2.75) is 17.9 Å². The van der Waals surface area contributed by atoms with E-state index in [1.54, 1.807) is 25.1 Å². The number of aromatic nitrogens is 1. The smallest absolute Gasteiger partial charge is 0.270 e. The van der Waals surface area contributed by atoms with E-state index in [2.05, 4.69) is 10.3 Å². The monoisotopic (exact) mass is 355 g/mol. The topological polar surface area (TPSA) is 102 Å². The number of rotatable bonds is 4. The molecule has 0 saturated heterocycles. The Morgan fingerprint density at radius 1 is 1.08 bits per heavy atom. The summed E-state index contributed by atoms with van der Waals surface area (Å²) in [7, 11) is -3.79. The molecule has 128 valence electrons. The first-order valence-corrected chi connectivity index (χ1v) is 9.18. The highest BCUT2D eigenvalue weighted by Crippen LogP contribution is 2.18. The standard InChI is InChI=1S/C18H17N3O3S/c1-12(14-6-4-7-15(11-14)25(19,23)24)20-18(22)17-10-9-13-5-2-3-8-16(13)21-17/h2-12H,1H3,(H,20,22)(H2,19,23,24). The third-order valence-electron chi connectivity index (χ3n) is 3.87. The lowest BCUT2D eigenvalue weighted by atomic mass is 10.1. The molecule has 0 aliphatic rings. The van der Waals surface area contributed by atoms with Gasteiger partial charge in [-0.15, -0.1) is 0 Å². The number of fused-ring (bicyclic) bond motifs is 1. The van der Waals surface area contributed by atoms with Gasteiger partial charge in [-0.1, -0.05) is 36.4 Å². The van der Waals surface area contributed by atoms with Gasteiger partial charge in [-0.3, -0.25) is 4.79 Å². The molecule has 0 radical (unpaired) electrons. The van der Waals surface area contributed by atoms with Crippen molar-refractivity contribution >= 4 is 26.8 Å². The molecule has 0 aliphatic carbocycles. The van der Waals surface area contributed by atoms with Gasteiger partial charge in [0.1, 0.15) is 5.69 Å². The Labute approximate surface area is 145 Å². The van der Waals surface area contributed by atoms with E-state index in [9.17, 15) is 13.2 Å². The van der Waals surface area contributed by atoms with Crippen molar-refractivity contribution in [3.8, 4) is 0 Å². The summed E-state index contributed by atoms with van der Waals surface area (Å²) in [5, 5.41) is 8.92. The van der Waals surface area contributed by atoms with Gasteiger partial charge in [-0.25, -0.2) is 18.5 Å². The number of para-hydroxylation sites is 1. The number of nitrogens with one attached hydrogen (secondary N) is 1. The lowest BCUT2D eigenvalue weighted by molar-refractivity contribution is 0.0935. The van der Waals surface area contributed by atoms with Crippen molar-refractivity contribution in [3.63, 3.8) is 0 Å². The molecule has 2 aromatic carbocycles. The molecule has 1 heterocycles. The van der Waals surface area contributed by atoms with Crippen molar-refractivity contribution in [1.29, 1.82) is 0 Å². The Balaban J connectivity index is 1.82. The van der Waals surface area contributed by atoms with E-state index < -0.39 is 16.1 Å². The number of hydrogen-bond donors (Lipinski definition) is 2. The van der Waals surface area contributed by atoms with E-state index >= 15 is 0 Å². The third kappa shape index (κ3) is 3.84. The highest BCUT2D eigenvalue weighted by molar-refractivity contribution is 7.89. The molecule has 7 heteroatoms. The van der Waals surface area contributed by atoms with Gasteiger partial charge in [0.05, 0.1) is 16.5 Å². The fourth-order valence-corrected chi connectivity index (χ4v) is 3.08. The fraction of sp³-hybridized carbons (Fsp3) is 0.111. The quantitative estimate of drug-likeness (QED) is 0.750. The first kappa shape index (κ1) is 17.1. The average molecular weight is 355 g/mol. The highest BCUT2D eigenvalue weighted by Gasteiger charge is 2.15. The molecule has 0 saturated carbocycles. The maximum Gasteiger partial charge on any atom is 0.270 e. The summed E-state index contributed by atoms with van der Waals surface area (Å²) in [6.45, 7) is 1.77. The number of sulfonamides is 1. The third-order valence-corrected chi connectivity index (χ3v) is 4.78. The second-order valence-corrected chi connectivity index (χ2v) is 7.26. The van der Waals surface area contributed by atoms with Crippen LogP contribution in [0.4, 0.5) is 0 Å². The molecule has 1 unspecified atom stereocenters. The lowest BCUT2D eigenvalue weighted by Crippen LogP contribution is -2.27. The number of amides is 1. The van der Waals surface area contributed by atoms with E-state index in [-0.39, 0.29) is 10.8 Å². The fourth-order valence-electron chi connectivity index (χ4n) is 2.51. The zero-order chi connectivity index (χ0) is 18.0. The van der Waals surface area contributed by atoms with Crippen molar-refractivity contribution in [1.82, 2.24) is 10.3 Å². The first-order valence-electron chi connectivity index (χ1n) is 7.64. The van der Waals surface area contributed by atoms with Gasteiger partial charge in [-0.05, 0) is 36.8 Å². The van der Waals surface area contributed by atoms with Crippen LogP contribution >= 0.6 is 0 Å². The molecule has 3 aromatic rings. The molecule has 25 heavy (non-hydrogen) atoms. The van der Waals surface area contributed by atoms with Gasteiger partial charge in [0.25, 0.3) is 5.91 Å². The number of carbonyl (C=O) groups excluding carboxylic acids is 1. The largest absolute Gasteiger partial charge is 0.344 e. The zero-order valence-corrected chi connectivity index (χ0v) is 14.3. The first-order chi connectivity index (χ1) is 11.8. The summed E-state index contributed by atoms with van der Waals surface area (Å²) in [4.78, 5) is 16.8. The number of benzene rings is 2. The zero-order valence-electron chi connectivity index (χ0n) is 13.5. The molecular weight excluding hydrogens is 338 g/mol. The Hall–Kier alpha value is -2.77. The molecule has 0 fully saturated rings. The van der Waals surface area contributed by atoms with Gasteiger partial charge < -0.3 is 5.32 Å². The number of primary sulfonamides is 1. The minimum absolute atomic E-state index is 0.00919. The van der Waals surface area contributed by atoms with Crippen LogP contribution in [0.1, 0.15) is 29.0 Å². The Morgan fingerprint density at radius 3 is 2.60 bits per heavy atom. The highest BCUT2D eigenvalue weighted by atomic mass is 32.2. The molecule has 6 nitrogen and oxygen atoms in total. The van der Waals surface area contributed by atoms with Gasteiger partial charge in [-0.2, -0.15) is 0 Å². The van der Waals surface area contributed by atoms with Gasteiger partial charge in [0.15, 0.2) is 0 Å². The summed E-state index contributed by atoms with van der Waals surface area (Å²) in [5.74, 6) is -0.334. The SMILES string of the molecule is CC(NC(=O)c1ccc2ccccc2n1)c1cccc(S(N)(=O)=O)c1. The number of nitrogens with two attached hydrogens (primary N) is 1. The van der Waals surface area contributed by atoms with Crippen LogP contribution in [0.15, 0.2) is 65.6 Å². The van der Waals surface area contributed by atoms with E-state index in [1.807, 2.05) is 30.3 Å². The summed E-state index contributed by atoms with van der Waals surface area (Å²) in [5.41, 5.74) is 1.67. The summed E-state index contributed by atoms with van der Waals surface area (Å²) in [6.07, 6.45) is 0. The van der Waals surface area contributed by atoms with Crippen LogP contribution in [-0.4, -0.2) is 19.3 Å². The van der Waals surface area contributed by atoms with Crippen LogP contribution < -0.4 is 10.5 Å². The molecule has 0 spiro atoms. The van der Waals surface area contributed by atoms with E-state index in [0.717, 1.165) is 10.9 Å². The second kappa shape index (κ2) is 6.62. The number of hydrogen-bond acceptors (Lipinski definition) is 4. The molecule has 0 aliphatic heterocycles. The normalized spacial score (nSPS) is 12.7. The predicted molar refractivity (Wildman–Crippen MR) is 95.4 cm³/mol. The van der Waals surface area contributed by atoms with Crippen molar-refractivity contribution in [3.05, 3.63) is 71.9 Å². The van der Waals surface area contributed by atoms with Crippen molar-refractivity contribution in [2.75, 3.05) is 0 Å². The number of nitrogens with zero attached hydrogens (tertiary/aromatic N) is 1. The van der Waals surface area contributed by atoms with Crippen LogP contribution in [0, 0.1) is 0 Å². The van der Waals surface area contributed by atoms with Crippen LogP contribution in [0.25, 0.3) is 10.9 Å². The Bertz CT molecular complexity index is 1050. The van der Waals surface area contributed by atoms with Gasteiger partial charge in [0, 0.05) is 5.39 Å². The van der Waals surface area contributed by atoms with Crippen molar-refractivity contribution in [2.24, 2.45) is 5.14 Å². The van der Waals surface area contributed by atoms with E-state index in [4.69, 9.17) is 5.14 Å². The summed E-state index contributed by atoms with van der Waals surface area (Å²) < 4.78 is 22.9. The molecular formula is C18H17N3O3S. The molecule has 1 atom stereocenters. The van der Waals surface area contributed by atoms with Crippen LogP contribution in [-0.2, 0) is 10.0 Å². The number of carbonyl (C=O) groups is 1. The minimum Gasteiger partial charge on any atom is -0.344 e. The van der Waals surface area contributed by atoms with E-state index in [0.29, 0.717) is 11.3 Å². The lowest BCUT2D eigenvalue weighted by Gasteiger charge is -2.15. The summed E-state index contributed by atoms with van der Waals surface area (Å²) in [6, 6.07) is 16.8. The molecule has 3 N–H and O–H groups in total. The van der Waals surface area contributed by atoms with Crippen LogP contribution in [0.2, 0.25) is 0 Å². The predicted octanol–water partition coefficient (Wildman–Crippen LogP) is 2.37. The second-order valence-electron chi connectivity index (χ2n) is 5.70. The van der Waals surface area contributed by atoms with Crippen molar-refractivity contribution < 1.29 is 13.2 Å². The maximum absolute atomic E-state index is 12.4. The number of pyridine rings is 1. The van der Waals surface area contributed by atoms with Crippen LogP contribution in [0.5, 0.6) is 0 Å². The Kier molecular flexibility index (Phi) is 4.52. The molecule has 1 aromatic heterocycles. The Morgan fingerprint density at radius 2 is 1.84 bits per heavy atom. The van der Waals surface area contributed by atoms with E-state index in [1.165, 1.54) is 12.1 Å². The van der Waals surface area contributed by atoms with Gasteiger partial charge in [0.2, 0.25) is 10.0 Å². The minimum atomic E-state index is -3.79. The summed E-state index contributed by atoms with van der Waals surface area (Å²) >= 11 is 0. The average Bonchev–Trinajstić information content (AvgIpc) is 2.60. The maximum atomic E-state index is 12.4. The van der Waals surface area contributed by atoms with Gasteiger partial charge >= 0.3 is 0 Å². The molecule has 0 bridgehead atoms. The molecule has 3 rings (SSSR count).